The van der Waals surface area contributed by atoms with Crippen molar-refractivity contribution in [3.05, 3.63) is 125 Å². The van der Waals surface area contributed by atoms with Gasteiger partial charge in [-0.15, -0.1) is 0 Å². The van der Waals surface area contributed by atoms with Crippen LogP contribution < -0.4 is 5.32 Å². The number of carbonyl (C=O) groups is 2. The zero-order valence-corrected chi connectivity index (χ0v) is 19.9. The first-order valence-corrected chi connectivity index (χ1v) is 12.1. The molecule has 0 radical (unpaired) electrons. The molecule has 37 heavy (non-hydrogen) atoms. The second-order valence-corrected chi connectivity index (χ2v) is 9.14. The molecule has 6 rings (SSSR count). The monoisotopic (exact) mass is 490 g/mol. The number of anilines is 1. The lowest BCUT2D eigenvalue weighted by Crippen LogP contribution is -2.35. The maximum absolute atomic E-state index is 13.2. The molecule has 0 bridgehead atoms. The zero-order chi connectivity index (χ0) is 25.4. The van der Waals surface area contributed by atoms with E-state index in [1.165, 1.54) is 24.3 Å². The second kappa shape index (κ2) is 9.39. The predicted molar refractivity (Wildman–Crippen MR) is 141 cm³/mol. The van der Waals surface area contributed by atoms with Crippen molar-refractivity contribution in [1.29, 1.82) is 0 Å². The van der Waals surface area contributed by atoms with Crippen molar-refractivity contribution in [2.24, 2.45) is 0 Å². The van der Waals surface area contributed by atoms with Crippen LogP contribution in [0.3, 0.4) is 0 Å². The molecule has 4 aromatic carbocycles. The summed E-state index contributed by atoms with van der Waals surface area (Å²) >= 11 is 0. The molecule has 0 saturated carbocycles. The van der Waals surface area contributed by atoms with Crippen molar-refractivity contribution in [3.63, 3.8) is 0 Å². The summed E-state index contributed by atoms with van der Waals surface area (Å²) in [6.45, 7) is 1.06. The lowest BCUT2D eigenvalue weighted by Gasteiger charge is -2.26. The number of amides is 2. The topological polar surface area (TPSA) is 62.6 Å². The van der Waals surface area contributed by atoms with Gasteiger partial charge in [0.05, 0.1) is 0 Å². The Balaban J connectivity index is 1.19. The zero-order valence-electron chi connectivity index (χ0n) is 19.9. The summed E-state index contributed by atoms with van der Waals surface area (Å²) in [4.78, 5) is 27.6. The molecular weight excluding hydrogens is 467 g/mol. The highest BCUT2D eigenvalue weighted by Crippen LogP contribution is 2.31. The lowest BCUT2D eigenvalue weighted by atomic mass is 10.0. The summed E-state index contributed by atoms with van der Waals surface area (Å²) in [5.74, 6) is 0.849. The van der Waals surface area contributed by atoms with E-state index < -0.39 is 5.82 Å². The van der Waals surface area contributed by atoms with Crippen LogP contribution in [0.5, 0.6) is 0 Å². The quantitative estimate of drug-likeness (QED) is 0.305. The molecule has 5 aromatic rings. The summed E-state index contributed by atoms with van der Waals surface area (Å²) in [6.07, 6.45) is 0.635. The van der Waals surface area contributed by atoms with Gasteiger partial charge in [-0.2, -0.15) is 0 Å². The molecule has 1 N–H and O–H groups in total. The van der Waals surface area contributed by atoms with Crippen LogP contribution in [0.15, 0.2) is 101 Å². The largest absolute Gasteiger partial charge is 0.461 e. The van der Waals surface area contributed by atoms with Crippen molar-refractivity contribution < 1.29 is 18.4 Å². The van der Waals surface area contributed by atoms with Crippen LogP contribution in [-0.2, 0) is 13.0 Å². The van der Waals surface area contributed by atoms with Crippen molar-refractivity contribution in [3.8, 4) is 11.3 Å². The molecule has 0 spiro atoms. The summed E-state index contributed by atoms with van der Waals surface area (Å²) in [6, 6.07) is 28.6. The van der Waals surface area contributed by atoms with Crippen LogP contribution in [0, 0.1) is 5.82 Å². The number of rotatable bonds is 4. The van der Waals surface area contributed by atoms with Crippen molar-refractivity contribution in [1.82, 2.24) is 4.90 Å². The van der Waals surface area contributed by atoms with Crippen LogP contribution >= 0.6 is 0 Å². The molecule has 0 fully saturated rings. The molecule has 182 valence electrons. The third kappa shape index (κ3) is 4.61. The molecule has 1 aromatic heterocycles. The van der Waals surface area contributed by atoms with E-state index in [1.54, 1.807) is 6.07 Å². The fourth-order valence-electron chi connectivity index (χ4n) is 4.71. The number of nitrogens with one attached hydrogen (secondary N) is 1. The highest BCUT2D eigenvalue weighted by atomic mass is 19.1. The van der Waals surface area contributed by atoms with Crippen molar-refractivity contribution in [2.45, 2.75) is 13.0 Å². The molecular formula is C31H23FN2O3. The van der Waals surface area contributed by atoms with Gasteiger partial charge >= 0.3 is 0 Å². The number of halogens is 1. The van der Waals surface area contributed by atoms with Crippen LogP contribution in [-0.4, -0.2) is 23.3 Å². The van der Waals surface area contributed by atoms with Gasteiger partial charge < -0.3 is 14.6 Å². The molecule has 0 unspecified atom stereocenters. The number of carbonyl (C=O) groups excluding carboxylic acids is 2. The van der Waals surface area contributed by atoms with Gasteiger partial charge in [0.1, 0.15) is 17.3 Å². The van der Waals surface area contributed by atoms with Crippen LogP contribution in [0.25, 0.3) is 22.1 Å². The fourth-order valence-corrected chi connectivity index (χ4v) is 4.71. The molecule has 1 aliphatic rings. The number of hydrogen-bond acceptors (Lipinski definition) is 3. The maximum atomic E-state index is 13.2. The Morgan fingerprint density at radius 1 is 0.811 bits per heavy atom. The Morgan fingerprint density at radius 3 is 2.43 bits per heavy atom. The van der Waals surface area contributed by atoms with Crippen molar-refractivity contribution >= 4 is 28.3 Å². The normalized spacial score (nSPS) is 12.8. The van der Waals surface area contributed by atoms with Gasteiger partial charge in [-0.25, -0.2) is 4.39 Å². The smallest absolute Gasteiger partial charge is 0.255 e. The number of furan rings is 1. The van der Waals surface area contributed by atoms with Gasteiger partial charge in [-0.05, 0) is 65.4 Å². The fraction of sp³-hybridized carbons (Fsp3) is 0.0968. The molecule has 5 nitrogen and oxygen atoms in total. The van der Waals surface area contributed by atoms with Gasteiger partial charge in [0.2, 0.25) is 0 Å². The molecule has 1 aliphatic heterocycles. The minimum absolute atomic E-state index is 0.00431. The second-order valence-electron chi connectivity index (χ2n) is 9.14. The maximum Gasteiger partial charge on any atom is 0.255 e. The molecule has 0 saturated heterocycles. The first-order valence-electron chi connectivity index (χ1n) is 12.1. The van der Waals surface area contributed by atoms with Gasteiger partial charge in [0.15, 0.2) is 0 Å². The third-order valence-electron chi connectivity index (χ3n) is 6.66. The molecule has 0 atom stereocenters. The van der Waals surface area contributed by atoms with Crippen LogP contribution in [0.1, 0.15) is 32.0 Å². The molecule has 2 heterocycles. The number of nitrogens with zero attached hydrogens (tertiary/aromatic N) is 1. The van der Waals surface area contributed by atoms with E-state index in [0.29, 0.717) is 42.1 Å². The van der Waals surface area contributed by atoms with Gasteiger partial charge in [0, 0.05) is 47.5 Å². The third-order valence-corrected chi connectivity index (χ3v) is 6.66. The summed E-state index contributed by atoms with van der Waals surface area (Å²) < 4.78 is 19.3. The van der Waals surface area contributed by atoms with Gasteiger partial charge in [0.25, 0.3) is 11.8 Å². The lowest BCUT2D eigenvalue weighted by molar-refractivity contribution is 0.0730. The van der Waals surface area contributed by atoms with Crippen LogP contribution in [0.4, 0.5) is 10.1 Å². The van der Waals surface area contributed by atoms with E-state index in [4.69, 9.17) is 4.42 Å². The molecule has 2 amide bonds. The van der Waals surface area contributed by atoms with Gasteiger partial charge in [-0.3, -0.25) is 9.59 Å². The van der Waals surface area contributed by atoms with Gasteiger partial charge in [-0.1, -0.05) is 42.5 Å². The first-order chi connectivity index (χ1) is 18.0. The molecule has 6 heteroatoms. The first kappa shape index (κ1) is 22.7. The average molecular weight is 491 g/mol. The van der Waals surface area contributed by atoms with E-state index >= 15 is 0 Å². The van der Waals surface area contributed by atoms with E-state index in [2.05, 4.69) is 5.32 Å². The summed E-state index contributed by atoms with van der Waals surface area (Å²) in [7, 11) is 0. The van der Waals surface area contributed by atoms with Crippen LogP contribution in [0.2, 0.25) is 0 Å². The van der Waals surface area contributed by atoms with E-state index in [0.717, 1.165) is 27.7 Å². The summed E-state index contributed by atoms with van der Waals surface area (Å²) in [5.41, 5.74) is 3.45. The standard InChI is InChI=1S/C31H23FN2O3/c32-26-12-10-21(11-13-26)30(35)33-27-7-3-6-23(17-27)29-18-25-19-34(15-14-28(25)37-29)31(36)24-9-8-20-4-1-2-5-22(20)16-24/h1-13,16-18H,14-15,19H2,(H,33,35). The van der Waals surface area contributed by atoms with E-state index in [9.17, 15) is 14.0 Å². The minimum atomic E-state index is -0.391. The Labute approximate surface area is 213 Å². The highest BCUT2D eigenvalue weighted by molar-refractivity contribution is 6.04. The predicted octanol–water partition coefficient (Wildman–Crippen LogP) is 6.69. The SMILES string of the molecule is O=C(Nc1cccc(-c2cc3c(o2)CCN(C(=O)c2ccc4ccccc4c2)C3)c1)c1ccc(F)cc1. The van der Waals surface area contributed by atoms with E-state index in [1.807, 2.05) is 71.6 Å². The number of hydrogen-bond donors (Lipinski definition) is 1. The molecule has 0 aliphatic carbocycles. The Bertz CT molecular complexity index is 1640. The summed E-state index contributed by atoms with van der Waals surface area (Å²) in [5, 5.41) is 5.00. The van der Waals surface area contributed by atoms with Crippen molar-refractivity contribution in [2.75, 3.05) is 11.9 Å². The Morgan fingerprint density at radius 2 is 1.59 bits per heavy atom. The number of fused-ring (bicyclic) bond motifs is 2. The Hall–Kier alpha value is -4.71. The minimum Gasteiger partial charge on any atom is -0.461 e. The highest BCUT2D eigenvalue weighted by Gasteiger charge is 2.25. The average Bonchev–Trinajstić information content (AvgIpc) is 3.36. The Kier molecular flexibility index (Phi) is 5.77. The van der Waals surface area contributed by atoms with E-state index in [-0.39, 0.29) is 11.8 Å². The number of benzene rings is 4.